The number of amides is 1. The summed E-state index contributed by atoms with van der Waals surface area (Å²) in [6, 6.07) is 21.9. The maximum absolute atomic E-state index is 13.5. The summed E-state index contributed by atoms with van der Waals surface area (Å²) in [6.45, 7) is 4.44. The fraction of sp³-hybridized carbons (Fsp3) is 0.269. The van der Waals surface area contributed by atoms with Crippen LogP contribution in [0.15, 0.2) is 83.8 Å². The summed E-state index contributed by atoms with van der Waals surface area (Å²) >= 11 is 0. The van der Waals surface area contributed by atoms with Crippen LogP contribution in [0, 0.1) is 5.82 Å². The smallest absolute Gasteiger partial charge is 0.243 e. The number of hydrogen-bond acceptors (Lipinski definition) is 4. The van der Waals surface area contributed by atoms with Crippen molar-refractivity contribution in [2.45, 2.75) is 24.8 Å². The molecule has 6 nitrogen and oxygen atoms in total. The summed E-state index contributed by atoms with van der Waals surface area (Å²) in [5.41, 5.74) is 2.36. The quantitative estimate of drug-likeness (QED) is 0.461. The van der Waals surface area contributed by atoms with Crippen LogP contribution >= 0.6 is 0 Å². The molecule has 0 saturated carbocycles. The van der Waals surface area contributed by atoms with E-state index in [1.807, 2.05) is 42.3 Å². The Morgan fingerprint density at radius 3 is 2.00 bits per heavy atom. The maximum atomic E-state index is 13.5. The Labute approximate surface area is 201 Å². The van der Waals surface area contributed by atoms with Crippen molar-refractivity contribution < 1.29 is 17.6 Å². The molecule has 1 unspecified atom stereocenters. The number of nitrogens with one attached hydrogen (secondary N) is 1. The molecule has 0 aliphatic rings. The molecule has 0 radical (unpaired) electrons. The number of halogens is 1. The van der Waals surface area contributed by atoms with Gasteiger partial charge in [0.1, 0.15) is 5.82 Å². The van der Waals surface area contributed by atoms with Gasteiger partial charge < -0.3 is 5.32 Å². The fourth-order valence-electron chi connectivity index (χ4n) is 3.92. The highest BCUT2D eigenvalue weighted by Crippen LogP contribution is 2.28. The van der Waals surface area contributed by atoms with Crippen LogP contribution < -0.4 is 5.32 Å². The molecule has 1 amide bonds. The van der Waals surface area contributed by atoms with Gasteiger partial charge in [-0.1, -0.05) is 56.3 Å². The largest absolute Gasteiger partial charge is 0.325 e. The Balaban J connectivity index is 1.73. The lowest BCUT2D eigenvalue weighted by Crippen LogP contribution is -2.34. The minimum Gasteiger partial charge on any atom is -0.325 e. The fourth-order valence-corrected chi connectivity index (χ4v) is 5.38. The zero-order valence-electron chi connectivity index (χ0n) is 19.6. The van der Waals surface area contributed by atoms with Gasteiger partial charge in [-0.3, -0.25) is 9.69 Å². The van der Waals surface area contributed by atoms with Crippen molar-refractivity contribution in [2.24, 2.45) is 0 Å². The van der Waals surface area contributed by atoms with Crippen molar-refractivity contribution in [3.05, 3.63) is 95.8 Å². The van der Waals surface area contributed by atoms with Gasteiger partial charge in [-0.25, -0.2) is 12.8 Å². The number of carbonyl (C=O) groups is 1. The van der Waals surface area contributed by atoms with Crippen LogP contribution in [0.25, 0.3) is 0 Å². The average molecular weight is 484 g/mol. The molecule has 0 aliphatic heterocycles. The van der Waals surface area contributed by atoms with Crippen molar-refractivity contribution in [1.29, 1.82) is 0 Å². The van der Waals surface area contributed by atoms with Crippen LogP contribution in [0.1, 0.15) is 31.0 Å². The van der Waals surface area contributed by atoms with Gasteiger partial charge in [0.2, 0.25) is 15.9 Å². The third kappa shape index (κ3) is 6.08. The van der Waals surface area contributed by atoms with Gasteiger partial charge in [0.25, 0.3) is 0 Å². The van der Waals surface area contributed by atoms with E-state index in [0.717, 1.165) is 11.1 Å². The van der Waals surface area contributed by atoms with Gasteiger partial charge >= 0.3 is 0 Å². The summed E-state index contributed by atoms with van der Waals surface area (Å²) in [6.07, 6.45) is 0. The van der Waals surface area contributed by atoms with Crippen LogP contribution in [-0.2, 0) is 14.8 Å². The molecule has 3 aromatic rings. The number of rotatable bonds is 10. The average Bonchev–Trinajstić information content (AvgIpc) is 2.82. The first-order valence-electron chi connectivity index (χ1n) is 11.2. The molecular formula is C26H30FN3O3S. The SMILES string of the molecule is CCN(CC)S(=O)(=O)c1ccc(NC(=O)CN(C)C(c2ccccc2)c2ccc(F)cc2)cc1. The summed E-state index contributed by atoms with van der Waals surface area (Å²) in [4.78, 5) is 14.9. The van der Waals surface area contributed by atoms with Crippen LogP contribution in [-0.4, -0.2) is 50.2 Å². The third-order valence-electron chi connectivity index (χ3n) is 5.62. The minimum absolute atomic E-state index is 0.0798. The minimum atomic E-state index is -3.56. The van der Waals surface area contributed by atoms with Gasteiger partial charge in [-0.05, 0) is 54.6 Å². The van der Waals surface area contributed by atoms with Crippen molar-refractivity contribution in [2.75, 3.05) is 32.0 Å². The first kappa shape index (κ1) is 25.6. The number of anilines is 1. The molecule has 8 heteroatoms. The lowest BCUT2D eigenvalue weighted by molar-refractivity contribution is -0.117. The summed E-state index contributed by atoms with van der Waals surface area (Å²) < 4.78 is 40.2. The van der Waals surface area contributed by atoms with Gasteiger partial charge in [0.05, 0.1) is 17.5 Å². The summed E-state index contributed by atoms with van der Waals surface area (Å²) in [5.74, 6) is -0.563. The summed E-state index contributed by atoms with van der Waals surface area (Å²) in [5, 5.41) is 2.83. The molecule has 180 valence electrons. The van der Waals surface area contributed by atoms with E-state index in [-0.39, 0.29) is 29.2 Å². The van der Waals surface area contributed by atoms with E-state index in [2.05, 4.69) is 5.32 Å². The van der Waals surface area contributed by atoms with E-state index >= 15 is 0 Å². The lowest BCUT2D eigenvalue weighted by atomic mass is 9.97. The number of carbonyl (C=O) groups excluding carboxylic acids is 1. The topological polar surface area (TPSA) is 69.7 Å². The molecule has 1 N–H and O–H groups in total. The van der Waals surface area contributed by atoms with Crippen molar-refractivity contribution in [3.8, 4) is 0 Å². The Bertz CT molecular complexity index is 1180. The molecule has 34 heavy (non-hydrogen) atoms. The molecular weight excluding hydrogens is 453 g/mol. The number of hydrogen-bond donors (Lipinski definition) is 1. The number of nitrogens with zero attached hydrogens (tertiary/aromatic N) is 2. The second-order valence-corrected chi connectivity index (χ2v) is 9.88. The molecule has 0 fully saturated rings. The van der Waals surface area contributed by atoms with Crippen LogP contribution in [0.5, 0.6) is 0 Å². The molecule has 0 saturated heterocycles. The van der Waals surface area contributed by atoms with E-state index in [1.54, 1.807) is 38.1 Å². The van der Waals surface area contributed by atoms with Crippen molar-refractivity contribution in [1.82, 2.24) is 9.21 Å². The summed E-state index contributed by atoms with van der Waals surface area (Å²) in [7, 11) is -1.72. The van der Waals surface area contributed by atoms with E-state index in [1.165, 1.54) is 28.6 Å². The Hall–Kier alpha value is -3.07. The predicted octanol–water partition coefficient (Wildman–Crippen LogP) is 4.52. The van der Waals surface area contributed by atoms with Gasteiger partial charge in [0, 0.05) is 18.8 Å². The maximum Gasteiger partial charge on any atom is 0.243 e. The first-order chi connectivity index (χ1) is 16.3. The van der Waals surface area contributed by atoms with Gasteiger partial charge in [-0.2, -0.15) is 4.31 Å². The molecule has 0 bridgehead atoms. The van der Waals surface area contributed by atoms with Crippen LogP contribution in [0.3, 0.4) is 0 Å². The molecule has 0 heterocycles. The lowest BCUT2D eigenvalue weighted by Gasteiger charge is -2.28. The van der Waals surface area contributed by atoms with Crippen molar-refractivity contribution in [3.63, 3.8) is 0 Å². The molecule has 3 rings (SSSR count). The van der Waals surface area contributed by atoms with E-state index < -0.39 is 10.0 Å². The Morgan fingerprint density at radius 2 is 1.44 bits per heavy atom. The normalized spacial score (nSPS) is 12.6. The number of likely N-dealkylation sites (N-methyl/N-ethyl adjacent to an activating group) is 1. The van der Waals surface area contributed by atoms with E-state index in [4.69, 9.17) is 0 Å². The second-order valence-electron chi connectivity index (χ2n) is 7.94. The zero-order chi connectivity index (χ0) is 24.7. The highest BCUT2D eigenvalue weighted by atomic mass is 32.2. The Morgan fingerprint density at radius 1 is 0.882 bits per heavy atom. The molecule has 3 aromatic carbocycles. The standard InChI is InChI=1S/C26H30FN3O3S/c1-4-30(5-2)34(32,33)24-17-15-23(16-18-24)28-25(31)19-29(3)26(20-9-7-6-8-10-20)21-11-13-22(27)14-12-21/h6-18,26H,4-5,19H2,1-3H3,(H,28,31). The molecule has 0 aromatic heterocycles. The monoisotopic (exact) mass is 483 g/mol. The van der Waals surface area contributed by atoms with E-state index in [9.17, 15) is 17.6 Å². The van der Waals surface area contributed by atoms with Crippen LogP contribution in [0.4, 0.5) is 10.1 Å². The molecule has 0 aliphatic carbocycles. The Kier molecular flexibility index (Phi) is 8.55. The first-order valence-corrected chi connectivity index (χ1v) is 12.6. The van der Waals surface area contributed by atoms with Crippen molar-refractivity contribution >= 4 is 21.6 Å². The third-order valence-corrected chi connectivity index (χ3v) is 7.68. The highest BCUT2D eigenvalue weighted by molar-refractivity contribution is 7.89. The number of benzene rings is 3. The van der Waals surface area contributed by atoms with Gasteiger partial charge in [-0.15, -0.1) is 0 Å². The zero-order valence-corrected chi connectivity index (χ0v) is 20.4. The number of sulfonamides is 1. The molecule has 1 atom stereocenters. The molecule has 0 spiro atoms. The van der Waals surface area contributed by atoms with Gasteiger partial charge in [0.15, 0.2) is 0 Å². The van der Waals surface area contributed by atoms with E-state index in [0.29, 0.717) is 18.8 Å². The second kappa shape index (κ2) is 11.4. The highest BCUT2D eigenvalue weighted by Gasteiger charge is 2.23. The predicted molar refractivity (Wildman–Crippen MR) is 132 cm³/mol. The van der Waals surface area contributed by atoms with Crippen LogP contribution in [0.2, 0.25) is 0 Å².